The second-order valence-corrected chi connectivity index (χ2v) is 8.32. The summed E-state index contributed by atoms with van der Waals surface area (Å²) in [6, 6.07) is 0. The number of ether oxygens (including phenoxy) is 2. The molecule has 21 heavy (non-hydrogen) atoms. The van der Waals surface area contributed by atoms with Gasteiger partial charge in [0, 0.05) is 5.92 Å². The summed E-state index contributed by atoms with van der Waals surface area (Å²) >= 11 is 0. The highest BCUT2D eigenvalue weighted by molar-refractivity contribution is 5.72. The maximum atomic E-state index is 12.2. The molecule has 3 nitrogen and oxygen atoms in total. The standard InChI is InChI=1S/C18H32O3/c1-6-12(2)16(19)21-17(20-11-18(3,4)5)15-10-13-7-8-14(15)9-13/h12-15,17H,6-11H2,1-5H3. The van der Waals surface area contributed by atoms with Crippen LogP contribution in [0.3, 0.4) is 0 Å². The predicted molar refractivity (Wildman–Crippen MR) is 83.7 cm³/mol. The molecule has 5 atom stereocenters. The molecule has 0 aromatic heterocycles. The van der Waals surface area contributed by atoms with E-state index in [0.717, 1.165) is 12.3 Å². The Bertz CT molecular complexity index is 358. The first-order valence-corrected chi connectivity index (χ1v) is 8.62. The average molecular weight is 296 g/mol. The Hall–Kier alpha value is -0.570. The smallest absolute Gasteiger partial charge is 0.310 e. The lowest BCUT2D eigenvalue weighted by atomic mass is 9.88. The van der Waals surface area contributed by atoms with Gasteiger partial charge in [0.1, 0.15) is 0 Å². The van der Waals surface area contributed by atoms with Gasteiger partial charge in [-0.3, -0.25) is 4.79 Å². The largest absolute Gasteiger partial charge is 0.435 e. The summed E-state index contributed by atoms with van der Waals surface area (Å²) in [4.78, 5) is 12.2. The van der Waals surface area contributed by atoms with Crippen molar-refractivity contribution in [2.75, 3.05) is 6.61 Å². The average Bonchev–Trinajstić information content (AvgIpc) is 3.03. The van der Waals surface area contributed by atoms with Gasteiger partial charge in [-0.15, -0.1) is 0 Å². The second kappa shape index (κ2) is 6.68. The topological polar surface area (TPSA) is 35.5 Å². The fraction of sp³-hybridized carbons (Fsp3) is 0.944. The lowest BCUT2D eigenvalue weighted by Gasteiger charge is -2.32. The molecule has 2 aliphatic rings. The number of rotatable bonds is 6. The Morgan fingerprint density at radius 1 is 1.24 bits per heavy atom. The van der Waals surface area contributed by atoms with E-state index < -0.39 is 0 Å². The van der Waals surface area contributed by atoms with Gasteiger partial charge in [0.25, 0.3) is 0 Å². The molecule has 2 rings (SSSR count). The highest BCUT2D eigenvalue weighted by Gasteiger charge is 2.45. The zero-order valence-corrected chi connectivity index (χ0v) is 14.4. The van der Waals surface area contributed by atoms with Crippen molar-refractivity contribution in [2.45, 2.75) is 73.0 Å². The molecular formula is C18H32O3. The van der Waals surface area contributed by atoms with Gasteiger partial charge in [-0.2, -0.15) is 0 Å². The van der Waals surface area contributed by atoms with E-state index in [1.54, 1.807) is 0 Å². The van der Waals surface area contributed by atoms with Crippen LogP contribution in [0.4, 0.5) is 0 Å². The number of carbonyl (C=O) groups excluding carboxylic acids is 1. The molecule has 2 aliphatic carbocycles. The molecule has 0 amide bonds. The number of esters is 1. The Morgan fingerprint density at radius 2 is 1.95 bits per heavy atom. The van der Waals surface area contributed by atoms with Gasteiger partial charge >= 0.3 is 5.97 Å². The van der Waals surface area contributed by atoms with E-state index in [4.69, 9.17) is 9.47 Å². The van der Waals surface area contributed by atoms with Crippen molar-refractivity contribution in [2.24, 2.45) is 29.1 Å². The Morgan fingerprint density at radius 3 is 2.43 bits per heavy atom. The van der Waals surface area contributed by atoms with E-state index in [2.05, 4.69) is 20.8 Å². The van der Waals surface area contributed by atoms with Crippen molar-refractivity contribution >= 4 is 5.97 Å². The summed E-state index contributed by atoms with van der Waals surface area (Å²) < 4.78 is 11.8. The van der Waals surface area contributed by atoms with Crippen LogP contribution < -0.4 is 0 Å². The Labute approximate surface area is 129 Å². The van der Waals surface area contributed by atoms with Crippen LogP contribution in [0.15, 0.2) is 0 Å². The normalized spacial score (nSPS) is 31.2. The molecule has 0 spiro atoms. The minimum atomic E-state index is -0.332. The van der Waals surface area contributed by atoms with Crippen LogP contribution in [0, 0.1) is 29.1 Å². The van der Waals surface area contributed by atoms with Gasteiger partial charge in [0.05, 0.1) is 12.5 Å². The molecule has 2 fully saturated rings. The third-order valence-electron chi connectivity index (χ3n) is 5.07. The zero-order chi connectivity index (χ0) is 15.6. The monoisotopic (exact) mass is 296 g/mol. The van der Waals surface area contributed by atoms with Gasteiger partial charge in [-0.05, 0) is 42.9 Å². The summed E-state index contributed by atoms with van der Waals surface area (Å²) in [5.41, 5.74) is 0.0959. The Kier molecular flexibility index (Phi) is 5.34. The fourth-order valence-corrected chi connectivity index (χ4v) is 3.60. The predicted octanol–water partition coefficient (Wildman–Crippen LogP) is 4.40. The molecule has 2 saturated carbocycles. The lowest BCUT2D eigenvalue weighted by molar-refractivity contribution is -0.206. The van der Waals surface area contributed by atoms with E-state index in [0.29, 0.717) is 18.4 Å². The molecule has 0 N–H and O–H groups in total. The first-order valence-electron chi connectivity index (χ1n) is 8.62. The minimum Gasteiger partial charge on any atom is -0.435 e. The molecular weight excluding hydrogens is 264 g/mol. The van der Waals surface area contributed by atoms with Crippen LogP contribution in [0.1, 0.15) is 66.7 Å². The molecule has 5 unspecified atom stereocenters. The van der Waals surface area contributed by atoms with Gasteiger partial charge in [0.2, 0.25) is 6.29 Å². The van der Waals surface area contributed by atoms with Crippen molar-refractivity contribution in [1.82, 2.24) is 0 Å². The summed E-state index contributed by atoms with van der Waals surface area (Å²) in [6.45, 7) is 11.1. The molecule has 3 heteroatoms. The van der Waals surface area contributed by atoms with Gasteiger partial charge < -0.3 is 9.47 Å². The molecule has 122 valence electrons. The summed E-state index contributed by atoms with van der Waals surface area (Å²) in [6.07, 6.45) is 5.61. The van der Waals surface area contributed by atoms with Crippen molar-refractivity contribution < 1.29 is 14.3 Å². The van der Waals surface area contributed by atoms with Crippen LogP contribution in [0.2, 0.25) is 0 Å². The first kappa shape index (κ1) is 16.8. The maximum absolute atomic E-state index is 12.2. The van der Waals surface area contributed by atoms with Crippen LogP contribution in [-0.4, -0.2) is 18.9 Å². The fourth-order valence-electron chi connectivity index (χ4n) is 3.60. The van der Waals surface area contributed by atoms with E-state index in [-0.39, 0.29) is 23.6 Å². The van der Waals surface area contributed by atoms with Gasteiger partial charge in [0.15, 0.2) is 0 Å². The van der Waals surface area contributed by atoms with Crippen LogP contribution in [0.5, 0.6) is 0 Å². The van der Waals surface area contributed by atoms with Crippen LogP contribution >= 0.6 is 0 Å². The number of fused-ring (bicyclic) bond motifs is 2. The molecule has 0 aromatic carbocycles. The van der Waals surface area contributed by atoms with Crippen molar-refractivity contribution in [1.29, 1.82) is 0 Å². The van der Waals surface area contributed by atoms with E-state index in [1.807, 2.05) is 13.8 Å². The van der Waals surface area contributed by atoms with E-state index in [9.17, 15) is 4.79 Å². The molecule has 2 bridgehead atoms. The van der Waals surface area contributed by atoms with Crippen molar-refractivity contribution in [3.05, 3.63) is 0 Å². The zero-order valence-electron chi connectivity index (χ0n) is 14.4. The highest BCUT2D eigenvalue weighted by Crippen LogP contribution is 2.50. The third-order valence-corrected chi connectivity index (χ3v) is 5.07. The Balaban J connectivity index is 1.98. The third kappa shape index (κ3) is 4.45. The molecule has 0 aromatic rings. The lowest BCUT2D eigenvalue weighted by Crippen LogP contribution is -2.36. The molecule has 0 heterocycles. The number of carbonyl (C=O) groups is 1. The van der Waals surface area contributed by atoms with Crippen molar-refractivity contribution in [3.63, 3.8) is 0 Å². The summed E-state index contributed by atoms with van der Waals surface area (Å²) in [5, 5.41) is 0. The summed E-state index contributed by atoms with van der Waals surface area (Å²) in [5.74, 6) is 1.82. The summed E-state index contributed by atoms with van der Waals surface area (Å²) in [7, 11) is 0. The van der Waals surface area contributed by atoms with Crippen molar-refractivity contribution in [3.8, 4) is 0 Å². The number of hydrogen-bond acceptors (Lipinski definition) is 3. The SMILES string of the molecule is CCC(C)C(=O)OC(OCC(C)(C)C)C1CC2CCC1C2. The highest BCUT2D eigenvalue weighted by atomic mass is 16.7. The quantitative estimate of drug-likeness (QED) is 0.538. The van der Waals surface area contributed by atoms with Gasteiger partial charge in [-0.25, -0.2) is 0 Å². The second-order valence-electron chi connectivity index (χ2n) is 8.32. The van der Waals surface area contributed by atoms with Crippen LogP contribution in [0.25, 0.3) is 0 Å². The van der Waals surface area contributed by atoms with Gasteiger partial charge in [-0.1, -0.05) is 41.0 Å². The van der Waals surface area contributed by atoms with E-state index in [1.165, 1.54) is 25.7 Å². The maximum Gasteiger partial charge on any atom is 0.310 e. The molecule has 0 radical (unpaired) electrons. The number of hydrogen-bond donors (Lipinski definition) is 0. The molecule has 0 aliphatic heterocycles. The molecule has 0 saturated heterocycles. The minimum absolute atomic E-state index is 0.0377. The first-order chi connectivity index (χ1) is 9.80. The van der Waals surface area contributed by atoms with Crippen LogP contribution in [-0.2, 0) is 14.3 Å². The van der Waals surface area contributed by atoms with E-state index >= 15 is 0 Å².